The van der Waals surface area contributed by atoms with Gasteiger partial charge in [-0.2, -0.15) is 5.26 Å². The molecule has 4 heteroatoms. The van der Waals surface area contributed by atoms with E-state index in [0.717, 1.165) is 0 Å². The maximum absolute atomic E-state index is 13.7. The van der Waals surface area contributed by atoms with Gasteiger partial charge in [-0.05, 0) is 29.3 Å². The third-order valence-corrected chi connectivity index (χ3v) is 2.77. The van der Waals surface area contributed by atoms with Gasteiger partial charge < -0.3 is 5.73 Å². The molecule has 2 aromatic rings. The Morgan fingerprint density at radius 1 is 1.20 bits per heavy atom. The molecule has 0 spiro atoms. The van der Waals surface area contributed by atoms with Crippen molar-refractivity contribution >= 4 is 12.0 Å². The predicted molar refractivity (Wildman–Crippen MR) is 74.6 cm³/mol. The molecule has 20 heavy (non-hydrogen) atoms. The number of nitrogens with two attached hydrogens (primary N) is 1. The van der Waals surface area contributed by atoms with Crippen LogP contribution in [0.5, 0.6) is 0 Å². The molecule has 0 aromatic heterocycles. The summed E-state index contributed by atoms with van der Waals surface area (Å²) in [6, 6.07) is 15.0. The number of hydrogen-bond acceptors (Lipinski definition) is 2. The molecular formula is C16H11FN2O. The van der Waals surface area contributed by atoms with Gasteiger partial charge in [0.1, 0.15) is 17.5 Å². The van der Waals surface area contributed by atoms with Crippen molar-refractivity contribution in [3.63, 3.8) is 0 Å². The Balaban J connectivity index is 2.47. The fraction of sp³-hybridized carbons (Fsp3) is 0. The lowest BCUT2D eigenvalue weighted by atomic mass is 10.0. The molecule has 0 aliphatic heterocycles. The SMILES string of the molecule is N#C/C(=C\c1cccc(-c2ccccc2F)c1)C(N)=O. The maximum Gasteiger partial charge on any atom is 0.259 e. The van der Waals surface area contributed by atoms with E-state index in [1.807, 2.05) is 0 Å². The number of carbonyl (C=O) groups is 1. The van der Waals surface area contributed by atoms with Crippen molar-refractivity contribution in [1.29, 1.82) is 5.26 Å². The van der Waals surface area contributed by atoms with Crippen LogP contribution in [0.15, 0.2) is 54.1 Å². The van der Waals surface area contributed by atoms with Gasteiger partial charge in [0.15, 0.2) is 0 Å². The van der Waals surface area contributed by atoms with Crippen LogP contribution >= 0.6 is 0 Å². The van der Waals surface area contributed by atoms with Crippen LogP contribution in [0, 0.1) is 17.1 Å². The van der Waals surface area contributed by atoms with E-state index in [1.165, 1.54) is 12.1 Å². The van der Waals surface area contributed by atoms with E-state index in [2.05, 4.69) is 0 Å². The first-order chi connectivity index (χ1) is 9.61. The number of benzene rings is 2. The van der Waals surface area contributed by atoms with Crippen molar-refractivity contribution in [3.8, 4) is 17.2 Å². The monoisotopic (exact) mass is 266 g/mol. The second kappa shape index (κ2) is 5.81. The number of nitriles is 1. The average molecular weight is 266 g/mol. The first kappa shape index (κ1) is 13.5. The van der Waals surface area contributed by atoms with Gasteiger partial charge in [0.25, 0.3) is 5.91 Å². The first-order valence-electron chi connectivity index (χ1n) is 5.88. The number of halogens is 1. The Morgan fingerprint density at radius 3 is 2.60 bits per heavy atom. The minimum absolute atomic E-state index is 0.143. The second-order valence-electron chi connectivity index (χ2n) is 4.14. The zero-order valence-electron chi connectivity index (χ0n) is 10.5. The number of carbonyl (C=O) groups excluding carboxylic acids is 1. The molecule has 1 amide bonds. The standard InChI is InChI=1S/C16H11FN2O/c17-15-7-2-1-6-14(15)12-5-3-4-11(8-12)9-13(10-18)16(19)20/h1-9H,(H2,19,20)/b13-9+. The molecule has 3 nitrogen and oxygen atoms in total. The minimum atomic E-state index is -0.788. The summed E-state index contributed by atoms with van der Waals surface area (Å²) in [7, 11) is 0. The molecule has 0 heterocycles. The minimum Gasteiger partial charge on any atom is -0.365 e. The van der Waals surface area contributed by atoms with Gasteiger partial charge in [0, 0.05) is 5.56 Å². The van der Waals surface area contributed by atoms with Crippen LogP contribution in [0.25, 0.3) is 17.2 Å². The molecule has 0 unspecified atom stereocenters. The highest BCUT2D eigenvalue weighted by Crippen LogP contribution is 2.24. The highest BCUT2D eigenvalue weighted by atomic mass is 19.1. The number of nitrogens with zero attached hydrogens (tertiary/aromatic N) is 1. The number of primary amides is 1. The molecule has 2 aromatic carbocycles. The third-order valence-electron chi connectivity index (χ3n) is 2.77. The summed E-state index contributed by atoms with van der Waals surface area (Å²) in [5, 5.41) is 8.81. The van der Waals surface area contributed by atoms with Crippen molar-refractivity contribution in [1.82, 2.24) is 0 Å². The highest BCUT2D eigenvalue weighted by molar-refractivity contribution is 6.00. The summed E-state index contributed by atoms with van der Waals surface area (Å²) < 4.78 is 13.7. The van der Waals surface area contributed by atoms with Crippen LogP contribution in [0.3, 0.4) is 0 Å². The Kier molecular flexibility index (Phi) is 3.92. The number of rotatable bonds is 3. The lowest BCUT2D eigenvalue weighted by Gasteiger charge is -2.04. The van der Waals surface area contributed by atoms with Gasteiger partial charge in [0.05, 0.1) is 0 Å². The molecule has 0 aliphatic rings. The van der Waals surface area contributed by atoms with Crippen molar-refractivity contribution in [2.24, 2.45) is 5.73 Å². The molecule has 2 N–H and O–H groups in total. The first-order valence-corrected chi connectivity index (χ1v) is 5.88. The Morgan fingerprint density at radius 2 is 1.95 bits per heavy atom. The largest absolute Gasteiger partial charge is 0.365 e. The van der Waals surface area contributed by atoms with Gasteiger partial charge in [-0.3, -0.25) is 4.79 Å². The average Bonchev–Trinajstić information content (AvgIpc) is 2.45. The lowest BCUT2D eigenvalue weighted by molar-refractivity contribution is -0.114. The molecule has 0 saturated heterocycles. The Bertz CT molecular complexity index is 729. The summed E-state index contributed by atoms with van der Waals surface area (Å²) in [6.07, 6.45) is 1.38. The predicted octanol–water partition coefficient (Wildman–Crippen LogP) is 2.88. The van der Waals surface area contributed by atoms with Gasteiger partial charge >= 0.3 is 0 Å². The zero-order chi connectivity index (χ0) is 14.5. The van der Waals surface area contributed by atoms with Gasteiger partial charge in [-0.25, -0.2) is 4.39 Å². The smallest absolute Gasteiger partial charge is 0.259 e. The van der Waals surface area contributed by atoms with Crippen LogP contribution in [0.1, 0.15) is 5.56 Å². The maximum atomic E-state index is 13.7. The van der Waals surface area contributed by atoms with Crippen LogP contribution in [-0.4, -0.2) is 5.91 Å². The van der Waals surface area contributed by atoms with Crippen molar-refractivity contribution in [2.45, 2.75) is 0 Å². The topological polar surface area (TPSA) is 66.9 Å². The van der Waals surface area contributed by atoms with E-state index in [4.69, 9.17) is 11.0 Å². The summed E-state index contributed by atoms with van der Waals surface area (Å²) in [5.41, 5.74) is 6.67. The van der Waals surface area contributed by atoms with E-state index in [1.54, 1.807) is 48.5 Å². The van der Waals surface area contributed by atoms with E-state index in [-0.39, 0.29) is 11.4 Å². The van der Waals surface area contributed by atoms with Crippen LogP contribution < -0.4 is 5.73 Å². The highest BCUT2D eigenvalue weighted by Gasteiger charge is 2.06. The van der Waals surface area contributed by atoms with Crippen LogP contribution in [0.2, 0.25) is 0 Å². The second-order valence-corrected chi connectivity index (χ2v) is 4.14. The van der Waals surface area contributed by atoms with E-state index in [9.17, 15) is 9.18 Å². The molecule has 0 atom stereocenters. The molecule has 0 aliphatic carbocycles. The van der Waals surface area contributed by atoms with Crippen LogP contribution in [0.4, 0.5) is 4.39 Å². The summed E-state index contributed by atoms with van der Waals surface area (Å²) in [6.45, 7) is 0. The fourth-order valence-electron chi connectivity index (χ4n) is 1.82. The van der Waals surface area contributed by atoms with Crippen molar-refractivity contribution in [3.05, 3.63) is 65.5 Å². The van der Waals surface area contributed by atoms with E-state index in [0.29, 0.717) is 16.7 Å². The summed E-state index contributed by atoms with van der Waals surface area (Å²) in [4.78, 5) is 11.0. The normalized spacial score (nSPS) is 10.9. The zero-order valence-corrected chi connectivity index (χ0v) is 10.5. The number of hydrogen-bond donors (Lipinski definition) is 1. The fourth-order valence-corrected chi connectivity index (χ4v) is 1.82. The quantitative estimate of drug-likeness (QED) is 0.685. The van der Waals surface area contributed by atoms with Crippen molar-refractivity contribution in [2.75, 3.05) is 0 Å². The molecule has 0 fully saturated rings. The molecule has 2 rings (SSSR count). The van der Waals surface area contributed by atoms with Crippen LogP contribution in [-0.2, 0) is 4.79 Å². The molecule has 0 saturated carbocycles. The molecular weight excluding hydrogens is 255 g/mol. The van der Waals surface area contributed by atoms with E-state index >= 15 is 0 Å². The Hall–Kier alpha value is -2.93. The molecule has 0 radical (unpaired) electrons. The molecule has 0 bridgehead atoms. The van der Waals surface area contributed by atoms with E-state index < -0.39 is 5.91 Å². The van der Waals surface area contributed by atoms with Gasteiger partial charge in [0.2, 0.25) is 0 Å². The molecule has 98 valence electrons. The third kappa shape index (κ3) is 2.90. The van der Waals surface area contributed by atoms with Gasteiger partial charge in [-0.15, -0.1) is 0 Å². The Labute approximate surface area is 115 Å². The summed E-state index contributed by atoms with van der Waals surface area (Å²) in [5.74, 6) is -1.12. The lowest BCUT2D eigenvalue weighted by Crippen LogP contribution is -2.12. The number of amides is 1. The van der Waals surface area contributed by atoms with Crippen molar-refractivity contribution < 1.29 is 9.18 Å². The van der Waals surface area contributed by atoms with Gasteiger partial charge in [-0.1, -0.05) is 36.4 Å². The summed E-state index contributed by atoms with van der Waals surface area (Å²) >= 11 is 0.